The zero-order valence-corrected chi connectivity index (χ0v) is 12.0. The standard InChI is InChI=1S/C16H19F2NO3/c17-16(18)22-12-3-1-2-11(7-12)15(21)19-14-10-5-4-9(6-10)13(14)8-20/h1-3,7,9-10,13-14,16,20H,4-6,8H2,(H,19,21). The summed E-state index contributed by atoms with van der Waals surface area (Å²) in [5, 5.41) is 12.5. The van der Waals surface area contributed by atoms with Crippen LogP contribution in [0.5, 0.6) is 5.75 Å². The molecule has 120 valence electrons. The van der Waals surface area contributed by atoms with Crippen molar-refractivity contribution < 1.29 is 23.4 Å². The summed E-state index contributed by atoms with van der Waals surface area (Å²) < 4.78 is 28.8. The third-order valence-corrected chi connectivity index (χ3v) is 4.92. The van der Waals surface area contributed by atoms with Gasteiger partial charge in [0.25, 0.3) is 5.91 Å². The van der Waals surface area contributed by atoms with E-state index in [1.165, 1.54) is 18.2 Å². The number of ether oxygens (including phenoxy) is 1. The number of aliphatic hydroxyl groups is 1. The second-order valence-electron chi connectivity index (χ2n) is 6.09. The van der Waals surface area contributed by atoms with E-state index in [1.807, 2.05) is 0 Å². The van der Waals surface area contributed by atoms with Crippen LogP contribution < -0.4 is 10.1 Å². The molecule has 3 rings (SSSR count). The normalized spacial score (nSPS) is 29.8. The van der Waals surface area contributed by atoms with Crippen molar-refractivity contribution in [1.82, 2.24) is 5.32 Å². The lowest BCUT2D eigenvalue weighted by Gasteiger charge is -2.30. The van der Waals surface area contributed by atoms with Crippen molar-refractivity contribution >= 4 is 5.91 Å². The average molecular weight is 311 g/mol. The summed E-state index contributed by atoms with van der Waals surface area (Å²) in [4.78, 5) is 12.3. The van der Waals surface area contributed by atoms with Gasteiger partial charge in [-0.25, -0.2) is 0 Å². The Kier molecular flexibility index (Phi) is 4.29. The summed E-state index contributed by atoms with van der Waals surface area (Å²) in [6, 6.07) is 5.74. The van der Waals surface area contributed by atoms with E-state index in [1.54, 1.807) is 6.07 Å². The Morgan fingerprint density at radius 1 is 1.36 bits per heavy atom. The van der Waals surface area contributed by atoms with Gasteiger partial charge >= 0.3 is 6.61 Å². The van der Waals surface area contributed by atoms with Crippen LogP contribution >= 0.6 is 0 Å². The van der Waals surface area contributed by atoms with E-state index in [2.05, 4.69) is 10.1 Å². The van der Waals surface area contributed by atoms with E-state index < -0.39 is 6.61 Å². The summed E-state index contributed by atoms with van der Waals surface area (Å²) >= 11 is 0. The minimum Gasteiger partial charge on any atom is -0.435 e. The maximum atomic E-state index is 12.3. The van der Waals surface area contributed by atoms with Crippen LogP contribution in [0.4, 0.5) is 8.78 Å². The number of halogens is 2. The Morgan fingerprint density at radius 3 is 2.86 bits per heavy atom. The minimum atomic E-state index is -2.91. The lowest BCUT2D eigenvalue weighted by atomic mass is 9.85. The molecule has 4 atom stereocenters. The fourth-order valence-electron chi connectivity index (χ4n) is 3.95. The van der Waals surface area contributed by atoms with Crippen molar-refractivity contribution in [1.29, 1.82) is 0 Å². The lowest BCUT2D eigenvalue weighted by molar-refractivity contribution is -0.0498. The van der Waals surface area contributed by atoms with Gasteiger partial charge in [0.15, 0.2) is 0 Å². The van der Waals surface area contributed by atoms with Crippen LogP contribution in [-0.2, 0) is 0 Å². The molecule has 2 aliphatic carbocycles. The van der Waals surface area contributed by atoms with Crippen molar-refractivity contribution in [3.8, 4) is 5.75 Å². The number of carbonyl (C=O) groups excluding carboxylic acids is 1. The Bertz CT molecular complexity index is 552. The van der Waals surface area contributed by atoms with Crippen molar-refractivity contribution in [2.75, 3.05) is 6.61 Å². The van der Waals surface area contributed by atoms with Gasteiger partial charge in [-0.2, -0.15) is 8.78 Å². The van der Waals surface area contributed by atoms with Crippen LogP contribution in [0.15, 0.2) is 24.3 Å². The highest BCUT2D eigenvalue weighted by Crippen LogP contribution is 2.48. The number of rotatable bonds is 5. The van der Waals surface area contributed by atoms with Crippen molar-refractivity contribution in [3.63, 3.8) is 0 Å². The van der Waals surface area contributed by atoms with Crippen LogP contribution in [-0.4, -0.2) is 30.3 Å². The maximum absolute atomic E-state index is 12.3. The van der Waals surface area contributed by atoms with Gasteiger partial charge in [-0.15, -0.1) is 0 Å². The molecule has 4 unspecified atom stereocenters. The van der Waals surface area contributed by atoms with Gasteiger partial charge in [0, 0.05) is 24.1 Å². The fraction of sp³-hybridized carbons (Fsp3) is 0.562. The highest BCUT2D eigenvalue weighted by molar-refractivity contribution is 5.94. The fourth-order valence-corrected chi connectivity index (χ4v) is 3.95. The van der Waals surface area contributed by atoms with Crippen molar-refractivity contribution in [2.24, 2.45) is 17.8 Å². The Hall–Kier alpha value is -1.69. The SMILES string of the molecule is O=C(NC1C2CCC(C2)C1CO)c1cccc(OC(F)F)c1. The van der Waals surface area contributed by atoms with Crippen LogP contribution in [0.1, 0.15) is 29.6 Å². The zero-order chi connectivity index (χ0) is 15.7. The molecule has 2 fully saturated rings. The van der Waals surface area contributed by atoms with E-state index in [-0.39, 0.29) is 35.8 Å². The Balaban J connectivity index is 1.69. The molecule has 0 aromatic heterocycles. The largest absolute Gasteiger partial charge is 0.435 e. The summed E-state index contributed by atoms with van der Waals surface area (Å²) in [7, 11) is 0. The molecule has 4 nitrogen and oxygen atoms in total. The summed E-state index contributed by atoms with van der Waals surface area (Å²) in [6.45, 7) is -2.84. The molecular weight excluding hydrogens is 292 g/mol. The number of nitrogens with one attached hydrogen (secondary N) is 1. The average Bonchev–Trinajstić information content (AvgIpc) is 3.07. The van der Waals surface area contributed by atoms with Crippen molar-refractivity contribution in [2.45, 2.75) is 31.9 Å². The third-order valence-electron chi connectivity index (χ3n) is 4.92. The first-order valence-electron chi connectivity index (χ1n) is 7.55. The van der Waals surface area contributed by atoms with Gasteiger partial charge in [-0.3, -0.25) is 4.79 Å². The number of hydrogen-bond acceptors (Lipinski definition) is 3. The summed E-state index contributed by atoms with van der Waals surface area (Å²) in [5.41, 5.74) is 0.289. The third kappa shape index (κ3) is 2.92. The quantitative estimate of drug-likeness (QED) is 0.878. The van der Waals surface area contributed by atoms with Crippen molar-refractivity contribution in [3.05, 3.63) is 29.8 Å². The monoisotopic (exact) mass is 311 g/mol. The van der Waals surface area contributed by atoms with Crippen LogP contribution in [0.25, 0.3) is 0 Å². The topological polar surface area (TPSA) is 58.6 Å². The van der Waals surface area contributed by atoms with Gasteiger partial charge in [0.05, 0.1) is 0 Å². The molecule has 6 heteroatoms. The zero-order valence-electron chi connectivity index (χ0n) is 12.0. The molecule has 0 heterocycles. The summed E-state index contributed by atoms with van der Waals surface area (Å²) in [6.07, 6.45) is 3.23. The van der Waals surface area contributed by atoms with E-state index in [9.17, 15) is 18.7 Å². The molecule has 0 spiro atoms. The van der Waals surface area contributed by atoms with Gasteiger partial charge in [0.1, 0.15) is 5.75 Å². The first-order chi connectivity index (χ1) is 10.6. The second kappa shape index (κ2) is 6.20. The highest BCUT2D eigenvalue weighted by Gasteiger charge is 2.47. The number of hydrogen-bond donors (Lipinski definition) is 2. The molecular formula is C16H19F2NO3. The molecule has 2 bridgehead atoms. The molecule has 2 aliphatic rings. The van der Waals surface area contributed by atoms with Crippen LogP contribution in [0, 0.1) is 17.8 Å². The molecule has 0 aliphatic heterocycles. The summed E-state index contributed by atoms with van der Waals surface area (Å²) in [5.74, 6) is 0.647. The number of amides is 1. The van der Waals surface area contributed by atoms with E-state index in [0.29, 0.717) is 11.8 Å². The molecule has 1 aromatic carbocycles. The number of benzene rings is 1. The second-order valence-corrected chi connectivity index (χ2v) is 6.09. The molecule has 2 saturated carbocycles. The van der Waals surface area contributed by atoms with E-state index in [4.69, 9.17) is 0 Å². The molecule has 0 radical (unpaired) electrons. The van der Waals surface area contributed by atoms with Crippen LogP contribution in [0.3, 0.4) is 0 Å². The number of carbonyl (C=O) groups is 1. The predicted molar refractivity (Wildman–Crippen MR) is 75.7 cm³/mol. The predicted octanol–water partition coefficient (Wildman–Crippen LogP) is 2.42. The van der Waals surface area contributed by atoms with Gasteiger partial charge in [0.2, 0.25) is 0 Å². The first kappa shape index (κ1) is 15.2. The van der Waals surface area contributed by atoms with Crippen LogP contribution in [0.2, 0.25) is 0 Å². The minimum absolute atomic E-state index is 0.0316. The van der Waals surface area contributed by atoms with Gasteiger partial charge < -0.3 is 15.2 Å². The Morgan fingerprint density at radius 2 is 2.14 bits per heavy atom. The van der Waals surface area contributed by atoms with E-state index >= 15 is 0 Å². The van der Waals surface area contributed by atoms with E-state index in [0.717, 1.165) is 19.3 Å². The Labute approximate surface area is 127 Å². The maximum Gasteiger partial charge on any atom is 0.387 e. The van der Waals surface area contributed by atoms with Gasteiger partial charge in [-0.1, -0.05) is 6.07 Å². The molecule has 1 amide bonds. The number of fused-ring (bicyclic) bond motifs is 2. The molecule has 22 heavy (non-hydrogen) atoms. The number of alkyl halides is 2. The smallest absolute Gasteiger partial charge is 0.387 e. The first-order valence-corrected chi connectivity index (χ1v) is 7.55. The molecule has 2 N–H and O–H groups in total. The highest BCUT2D eigenvalue weighted by atomic mass is 19.3. The lowest BCUT2D eigenvalue weighted by Crippen LogP contribution is -2.45. The molecule has 1 aromatic rings. The number of aliphatic hydroxyl groups excluding tert-OH is 1. The van der Waals surface area contributed by atoms with Gasteiger partial charge in [-0.05, 0) is 49.3 Å². The molecule has 0 saturated heterocycles.